The third kappa shape index (κ3) is 5.19. The Bertz CT molecular complexity index is 583. The number of rotatable bonds is 5. The van der Waals surface area contributed by atoms with Crippen molar-refractivity contribution >= 4 is 41.8 Å². The molecule has 118 valence electrons. The highest BCUT2D eigenvalue weighted by atomic mass is 35.5. The summed E-state index contributed by atoms with van der Waals surface area (Å²) in [7, 11) is 0. The van der Waals surface area contributed by atoms with Crippen LogP contribution in [0.25, 0.3) is 11.0 Å². The van der Waals surface area contributed by atoms with Crippen molar-refractivity contribution in [3.05, 3.63) is 30.1 Å². The van der Waals surface area contributed by atoms with Crippen LogP contribution in [0, 0.1) is 6.92 Å². The van der Waals surface area contributed by atoms with Crippen LogP contribution >= 0.6 is 24.8 Å². The summed E-state index contributed by atoms with van der Waals surface area (Å²) < 4.78 is 1.93. The average molecular weight is 333 g/mol. The van der Waals surface area contributed by atoms with Gasteiger partial charge in [0.05, 0.1) is 11.0 Å². The first-order chi connectivity index (χ1) is 9.08. The second kappa shape index (κ2) is 8.87. The van der Waals surface area contributed by atoms with Gasteiger partial charge < -0.3 is 15.6 Å². The lowest BCUT2D eigenvalue weighted by Gasteiger charge is -2.09. The number of benzene rings is 1. The lowest BCUT2D eigenvalue weighted by atomic mass is 10.2. The first kappa shape index (κ1) is 19.7. The lowest BCUT2D eigenvalue weighted by Crippen LogP contribution is -2.31. The van der Waals surface area contributed by atoms with Gasteiger partial charge >= 0.3 is 0 Å². The number of hydrogen-bond donors (Lipinski definition) is 2. The number of fused-ring (bicyclic) bond motifs is 1. The van der Waals surface area contributed by atoms with Crippen molar-refractivity contribution in [3.8, 4) is 0 Å². The highest BCUT2D eigenvalue weighted by molar-refractivity contribution is 5.85. The topological polar surface area (TPSA) is 72.9 Å². The van der Waals surface area contributed by atoms with Crippen LogP contribution in [0.3, 0.4) is 0 Å². The van der Waals surface area contributed by atoms with E-state index < -0.39 is 0 Å². The maximum Gasteiger partial charge on any atom is 0.240 e. The molecule has 21 heavy (non-hydrogen) atoms. The van der Waals surface area contributed by atoms with Gasteiger partial charge in [-0.05, 0) is 32.4 Å². The number of carbonyl (C=O) groups is 1. The average Bonchev–Trinajstić information content (AvgIpc) is 2.66. The molecule has 0 radical (unpaired) electrons. The summed E-state index contributed by atoms with van der Waals surface area (Å²) in [5.41, 5.74) is 7.55. The Morgan fingerprint density at radius 1 is 1.38 bits per heavy atom. The van der Waals surface area contributed by atoms with E-state index in [0.717, 1.165) is 23.3 Å². The van der Waals surface area contributed by atoms with Gasteiger partial charge in [-0.15, -0.1) is 24.8 Å². The number of para-hydroxylation sites is 2. The molecule has 0 aliphatic rings. The molecule has 0 bridgehead atoms. The molecule has 5 nitrogen and oxygen atoms in total. The summed E-state index contributed by atoms with van der Waals surface area (Å²) in [5.74, 6) is 0.843. The molecule has 2 rings (SSSR count). The Morgan fingerprint density at radius 2 is 2.05 bits per heavy atom. The number of hydrogen-bond acceptors (Lipinski definition) is 3. The molecule has 1 aromatic carbocycles. The van der Waals surface area contributed by atoms with Crippen molar-refractivity contribution in [1.29, 1.82) is 0 Å². The standard InChI is InChI=1S/C14H20N4O.2ClH/c1-10(15)7-8-16-14(19)9-18-11(2)17-12-5-3-4-6-13(12)18;;/h3-6,10H,7-9,15H2,1-2H3,(H,16,19);2*1H. The monoisotopic (exact) mass is 332 g/mol. The number of nitrogens with two attached hydrogens (primary N) is 1. The second-order valence-electron chi connectivity index (χ2n) is 4.85. The van der Waals surface area contributed by atoms with Crippen molar-refractivity contribution in [3.63, 3.8) is 0 Å². The first-order valence-corrected chi connectivity index (χ1v) is 6.52. The predicted molar refractivity (Wildman–Crippen MR) is 90.2 cm³/mol. The van der Waals surface area contributed by atoms with E-state index in [1.807, 2.05) is 42.7 Å². The predicted octanol–water partition coefficient (Wildman–Crippen LogP) is 2.04. The van der Waals surface area contributed by atoms with Crippen LogP contribution in [-0.4, -0.2) is 28.0 Å². The number of halogens is 2. The zero-order valence-electron chi connectivity index (χ0n) is 12.2. The number of carbonyl (C=O) groups excluding carboxylic acids is 1. The Balaban J connectivity index is 0.00000200. The Kier molecular flexibility index (Phi) is 8.32. The Morgan fingerprint density at radius 3 is 2.71 bits per heavy atom. The van der Waals surface area contributed by atoms with Crippen LogP contribution in [0.15, 0.2) is 24.3 Å². The molecule has 0 saturated carbocycles. The summed E-state index contributed by atoms with van der Waals surface area (Å²) in [4.78, 5) is 16.3. The smallest absolute Gasteiger partial charge is 0.240 e. The molecule has 1 heterocycles. The highest BCUT2D eigenvalue weighted by Gasteiger charge is 2.10. The summed E-state index contributed by atoms with van der Waals surface area (Å²) >= 11 is 0. The number of nitrogens with one attached hydrogen (secondary N) is 1. The van der Waals surface area contributed by atoms with E-state index in [1.165, 1.54) is 0 Å². The minimum Gasteiger partial charge on any atom is -0.354 e. The minimum atomic E-state index is -0.00750. The van der Waals surface area contributed by atoms with Gasteiger partial charge in [0.2, 0.25) is 5.91 Å². The zero-order chi connectivity index (χ0) is 13.8. The van der Waals surface area contributed by atoms with Gasteiger partial charge in [0.1, 0.15) is 12.4 Å². The zero-order valence-corrected chi connectivity index (χ0v) is 13.8. The van der Waals surface area contributed by atoms with Crippen molar-refractivity contribution in [2.24, 2.45) is 5.73 Å². The van der Waals surface area contributed by atoms with Gasteiger partial charge in [0, 0.05) is 12.6 Å². The molecule has 1 atom stereocenters. The molecular weight excluding hydrogens is 311 g/mol. The molecule has 0 aliphatic carbocycles. The lowest BCUT2D eigenvalue weighted by molar-refractivity contribution is -0.121. The molecular formula is C14H22Cl2N4O. The Labute approximate surface area is 137 Å². The molecule has 1 unspecified atom stereocenters. The number of aromatic nitrogens is 2. The quantitative estimate of drug-likeness (QED) is 0.879. The van der Waals surface area contributed by atoms with Gasteiger partial charge in [-0.2, -0.15) is 0 Å². The molecule has 0 spiro atoms. The third-order valence-electron chi connectivity index (χ3n) is 3.07. The summed E-state index contributed by atoms with van der Waals surface area (Å²) in [6.45, 7) is 4.75. The van der Waals surface area contributed by atoms with Gasteiger partial charge in [-0.3, -0.25) is 4.79 Å². The van der Waals surface area contributed by atoms with Gasteiger partial charge in [-0.25, -0.2) is 4.98 Å². The van der Waals surface area contributed by atoms with Crippen molar-refractivity contribution in [1.82, 2.24) is 14.9 Å². The van der Waals surface area contributed by atoms with Crippen LogP contribution in [0.2, 0.25) is 0 Å². The van der Waals surface area contributed by atoms with Crippen molar-refractivity contribution in [2.45, 2.75) is 32.9 Å². The Hall–Kier alpha value is -1.30. The maximum atomic E-state index is 11.9. The number of amides is 1. The van der Waals surface area contributed by atoms with Crippen LogP contribution < -0.4 is 11.1 Å². The van der Waals surface area contributed by atoms with E-state index in [-0.39, 0.29) is 36.8 Å². The van der Waals surface area contributed by atoms with E-state index in [9.17, 15) is 4.79 Å². The van der Waals surface area contributed by atoms with Gasteiger partial charge in [-0.1, -0.05) is 12.1 Å². The molecule has 2 aromatic rings. The maximum absolute atomic E-state index is 11.9. The van der Waals surface area contributed by atoms with E-state index >= 15 is 0 Å². The summed E-state index contributed by atoms with van der Waals surface area (Å²) in [5, 5.41) is 2.88. The van der Waals surface area contributed by atoms with Crippen LogP contribution in [0.5, 0.6) is 0 Å². The fourth-order valence-electron chi connectivity index (χ4n) is 2.03. The van der Waals surface area contributed by atoms with Gasteiger partial charge in [0.25, 0.3) is 0 Å². The molecule has 1 aromatic heterocycles. The number of aryl methyl sites for hydroxylation is 1. The van der Waals surface area contributed by atoms with Crippen molar-refractivity contribution < 1.29 is 4.79 Å². The van der Waals surface area contributed by atoms with E-state index in [1.54, 1.807) is 0 Å². The SMILES string of the molecule is Cc1nc2ccccc2n1CC(=O)NCCC(C)N.Cl.Cl. The van der Waals surface area contributed by atoms with Crippen molar-refractivity contribution in [2.75, 3.05) is 6.54 Å². The second-order valence-corrected chi connectivity index (χ2v) is 4.85. The molecule has 7 heteroatoms. The molecule has 0 saturated heterocycles. The molecule has 0 fully saturated rings. The first-order valence-electron chi connectivity index (χ1n) is 6.52. The van der Waals surface area contributed by atoms with E-state index in [2.05, 4.69) is 10.3 Å². The van der Waals surface area contributed by atoms with E-state index in [0.29, 0.717) is 13.1 Å². The van der Waals surface area contributed by atoms with E-state index in [4.69, 9.17) is 5.73 Å². The normalized spacial score (nSPS) is 11.4. The fraction of sp³-hybridized carbons (Fsp3) is 0.429. The van der Waals surface area contributed by atoms with Crippen LogP contribution in [0.1, 0.15) is 19.2 Å². The molecule has 1 amide bonds. The highest BCUT2D eigenvalue weighted by Crippen LogP contribution is 2.14. The number of nitrogens with zero attached hydrogens (tertiary/aromatic N) is 2. The molecule has 3 N–H and O–H groups in total. The largest absolute Gasteiger partial charge is 0.354 e. The summed E-state index contributed by atoms with van der Waals surface area (Å²) in [6.07, 6.45) is 0.787. The third-order valence-corrected chi connectivity index (χ3v) is 3.07. The minimum absolute atomic E-state index is 0. The fourth-order valence-corrected chi connectivity index (χ4v) is 2.03. The van der Waals surface area contributed by atoms with Crippen LogP contribution in [-0.2, 0) is 11.3 Å². The summed E-state index contributed by atoms with van der Waals surface area (Å²) in [6, 6.07) is 7.93. The molecule has 0 aliphatic heterocycles. The number of imidazole rings is 1. The van der Waals surface area contributed by atoms with Gasteiger partial charge in [0.15, 0.2) is 0 Å². The van der Waals surface area contributed by atoms with Crippen LogP contribution in [0.4, 0.5) is 0 Å².